The normalized spacial score (nSPS) is 15.0. The maximum absolute atomic E-state index is 11.3. The van der Waals surface area contributed by atoms with Crippen LogP contribution < -0.4 is 29.4 Å². The van der Waals surface area contributed by atoms with Gasteiger partial charge < -0.3 is 66.9 Å². The van der Waals surface area contributed by atoms with Crippen molar-refractivity contribution in [1.82, 2.24) is 0 Å². The maximum Gasteiger partial charge on any atom is 2.00 e. The monoisotopic (exact) mass is 918 g/mol. The van der Waals surface area contributed by atoms with Gasteiger partial charge in [0.15, 0.2) is 15.2 Å². The number of rotatable bonds is 34. The van der Waals surface area contributed by atoms with Crippen molar-refractivity contribution >= 4 is 144 Å². The van der Waals surface area contributed by atoms with Gasteiger partial charge in [-0.25, -0.2) is 0 Å². The SMILES string of the molecule is CCCCCCCCCCCCCCCOP(=O)([O-])C(O)P(=O)([O-])[O-].CCCCCCCCCCCCCCCOP(=O)([O-])C(O)P(=O)([O-])[O-].[Ca+2].[Ca+2].[Ca+2]. The van der Waals surface area contributed by atoms with Crippen molar-refractivity contribution in [3.05, 3.63) is 0 Å². The second kappa shape index (κ2) is 41.6. The van der Waals surface area contributed by atoms with Crippen LogP contribution in [0, 0.1) is 0 Å². The van der Waals surface area contributed by atoms with Gasteiger partial charge in [0.25, 0.3) is 0 Å². The van der Waals surface area contributed by atoms with Gasteiger partial charge in [0.2, 0.25) is 0 Å². The molecule has 0 aromatic rings. The first-order chi connectivity index (χ1) is 23.4. The van der Waals surface area contributed by atoms with E-state index in [1.807, 2.05) is 0 Å². The van der Waals surface area contributed by atoms with Crippen LogP contribution >= 0.6 is 30.4 Å². The van der Waals surface area contributed by atoms with Crippen molar-refractivity contribution in [1.29, 1.82) is 0 Å². The average Bonchev–Trinajstić information content (AvgIpc) is 3.03. The van der Waals surface area contributed by atoms with Crippen molar-refractivity contribution in [3.8, 4) is 0 Å². The molecule has 0 aliphatic rings. The zero-order chi connectivity index (χ0) is 38.4. The van der Waals surface area contributed by atoms with Crippen molar-refractivity contribution in [2.75, 3.05) is 13.2 Å². The Balaban J connectivity index is -0.000000274. The van der Waals surface area contributed by atoms with E-state index in [0.29, 0.717) is 12.8 Å². The third-order valence-electron chi connectivity index (χ3n) is 8.17. The Labute approximate surface area is 410 Å². The summed E-state index contributed by atoms with van der Waals surface area (Å²) in [6.07, 6.45) is 29.5. The van der Waals surface area contributed by atoms with Crippen LogP contribution in [0.25, 0.3) is 0 Å². The van der Waals surface area contributed by atoms with E-state index in [4.69, 9.17) is 10.2 Å². The number of hydrogen-bond donors (Lipinski definition) is 2. The van der Waals surface area contributed by atoms with Gasteiger partial charge in [-0.3, -0.25) is 0 Å². The molecule has 0 aromatic heterocycles. The molecular weight excluding hydrogens is 852 g/mol. The fourth-order valence-electron chi connectivity index (χ4n) is 5.10. The zero-order valence-corrected chi connectivity index (χ0v) is 42.9. The molecule has 0 bridgehead atoms. The van der Waals surface area contributed by atoms with Gasteiger partial charge in [0.1, 0.15) is 11.2 Å². The first-order valence-corrected chi connectivity index (χ1v) is 25.2. The van der Waals surface area contributed by atoms with Crippen LogP contribution in [0.4, 0.5) is 0 Å². The van der Waals surface area contributed by atoms with E-state index in [-0.39, 0.29) is 126 Å². The standard InChI is InChI=1S/2C16H36O7P2.3Ca/c2*1-2-3-4-5-6-7-8-9-10-11-12-13-14-15-23-25(21,22)16(17)24(18,19)20;;;/h2*16-17H,2-15H2,1H3,(H,21,22)(H2,18,19,20);;;/q;;3*+2/p-6. The first-order valence-electron chi connectivity index (χ1n) is 18.7. The molecule has 2 N–H and O–H groups in total. The minimum Gasteiger partial charge on any atom is -0.809 e. The molecule has 0 heterocycles. The Bertz CT molecular complexity index is 915. The number of aliphatic hydroxyl groups excluding tert-OH is 2. The summed E-state index contributed by atoms with van der Waals surface area (Å²) in [5.41, 5.74) is -6.00. The summed E-state index contributed by atoms with van der Waals surface area (Å²) in [7, 11) is -21.4. The molecule has 0 saturated carbocycles. The van der Waals surface area contributed by atoms with E-state index < -0.39 is 41.6 Å². The largest absolute Gasteiger partial charge is 2.00 e. The quantitative estimate of drug-likeness (QED) is 0.0510. The Morgan fingerprint density at radius 3 is 0.717 bits per heavy atom. The molecule has 304 valence electrons. The van der Waals surface area contributed by atoms with Crippen LogP contribution in [0.2, 0.25) is 0 Å². The molecule has 53 heavy (non-hydrogen) atoms. The topological polar surface area (TPSA) is 266 Å². The van der Waals surface area contributed by atoms with Crippen molar-refractivity contribution in [3.63, 3.8) is 0 Å². The fraction of sp³-hybridized carbons (Fsp3) is 1.00. The van der Waals surface area contributed by atoms with Gasteiger partial charge >= 0.3 is 113 Å². The van der Waals surface area contributed by atoms with E-state index in [9.17, 15) is 47.6 Å². The Morgan fingerprint density at radius 1 is 0.377 bits per heavy atom. The molecule has 0 spiro atoms. The minimum atomic E-state index is -5.61. The molecule has 0 fully saturated rings. The van der Waals surface area contributed by atoms with E-state index in [2.05, 4.69) is 22.9 Å². The summed E-state index contributed by atoms with van der Waals surface area (Å²) in [5.74, 6) is 0. The van der Waals surface area contributed by atoms with E-state index in [1.165, 1.54) is 103 Å². The van der Waals surface area contributed by atoms with E-state index >= 15 is 0 Å². The van der Waals surface area contributed by atoms with Gasteiger partial charge in [-0.15, -0.1) is 0 Å². The van der Waals surface area contributed by atoms with E-state index in [1.54, 1.807) is 0 Å². The molecule has 0 amide bonds. The summed E-state index contributed by atoms with van der Waals surface area (Å²) >= 11 is 0. The van der Waals surface area contributed by atoms with Crippen molar-refractivity contribution < 1.29 is 66.9 Å². The molecular formula is C32H66Ca3O14P4. The van der Waals surface area contributed by atoms with Crippen LogP contribution in [0.5, 0.6) is 0 Å². The second-order valence-corrected chi connectivity index (χ2v) is 20.6. The molecule has 0 aromatic carbocycles. The molecule has 0 aliphatic heterocycles. The van der Waals surface area contributed by atoms with E-state index in [0.717, 1.165) is 51.4 Å². The van der Waals surface area contributed by atoms with Crippen LogP contribution in [-0.4, -0.2) is 148 Å². The predicted molar refractivity (Wildman–Crippen MR) is 203 cm³/mol. The number of unbranched alkanes of at least 4 members (excludes halogenated alkanes) is 24. The Morgan fingerprint density at radius 2 is 0.547 bits per heavy atom. The Hall–Kier alpha value is 4.30. The fourth-order valence-corrected chi connectivity index (χ4v) is 9.31. The maximum atomic E-state index is 11.3. The molecule has 0 rings (SSSR count). The summed E-state index contributed by atoms with van der Waals surface area (Å²) in [4.78, 5) is 64.5. The van der Waals surface area contributed by atoms with Gasteiger partial charge in [0, 0.05) is 0 Å². The van der Waals surface area contributed by atoms with Crippen molar-refractivity contribution in [2.45, 2.75) is 192 Å². The molecule has 0 radical (unpaired) electrons. The summed E-state index contributed by atoms with van der Waals surface area (Å²) in [6, 6.07) is 0. The Kier molecular flexibility index (Phi) is 52.2. The van der Waals surface area contributed by atoms with Gasteiger partial charge in [-0.2, -0.15) is 0 Å². The molecule has 21 heteroatoms. The molecule has 0 aliphatic carbocycles. The zero-order valence-electron chi connectivity index (χ0n) is 32.7. The average molecular weight is 919 g/mol. The van der Waals surface area contributed by atoms with Gasteiger partial charge in [0.05, 0.1) is 13.2 Å². The summed E-state index contributed by atoms with van der Waals surface area (Å²) in [6.45, 7) is 4.00. The van der Waals surface area contributed by atoms with Crippen LogP contribution in [0.1, 0.15) is 181 Å². The van der Waals surface area contributed by atoms with Crippen LogP contribution in [0.3, 0.4) is 0 Å². The smallest absolute Gasteiger partial charge is 0.809 e. The number of hydrogen-bond acceptors (Lipinski definition) is 14. The summed E-state index contributed by atoms with van der Waals surface area (Å²) < 4.78 is 52.3. The third kappa shape index (κ3) is 42.8. The second-order valence-electron chi connectivity index (χ2n) is 13.0. The van der Waals surface area contributed by atoms with Crippen LogP contribution in [-0.2, 0) is 27.3 Å². The van der Waals surface area contributed by atoms with Crippen LogP contribution in [0.15, 0.2) is 0 Å². The van der Waals surface area contributed by atoms with Gasteiger partial charge in [-0.1, -0.05) is 168 Å². The predicted octanol–water partition coefficient (Wildman–Crippen LogP) is 4.53. The van der Waals surface area contributed by atoms with Crippen molar-refractivity contribution in [2.24, 2.45) is 0 Å². The third-order valence-corrected chi connectivity index (χ3v) is 14.9. The molecule has 4 atom stereocenters. The van der Waals surface area contributed by atoms with Gasteiger partial charge in [-0.05, 0) is 28.0 Å². The molecule has 14 nitrogen and oxygen atoms in total. The first kappa shape index (κ1) is 66.4. The molecule has 0 saturated heterocycles. The minimum absolute atomic E-state index is 0. The summed E-state index contributed by atoms with van der Waals surface area (Å²) in [5, 5.41) is 17.9. The number of aliphatic hydroxyl groups is 2. The molecule has 4 unspecified atom stereocenters.